The van der Waals surface area contributed by atoms with Gasteiger partial charge in [0, 0.05) is 32.5 Å². The zero-order valence-corrected chi connectivity index (χ0v) is 11.9. The Labute approximate surface area is 118 Å². The Bertz CT molecular complexity index is 479. The number of allylic oxidation sites excluding steroid dienone is 1. The Morgan fingerprint density at radius 2 is 1.80 bits per heavy atom. The van der Waals surface area contributed by atoms with Crippen LogP contribution in [-0.2, 0) is 14.3 Å². The first kappa shape index (κ1) is 14.6. The number of rotatable bonds is 5. The van der Waals surface area contributed by atoms with Gasteiger partial charge in [0.25, 0.3) is 0 Å². The molecule has 1 unspecified atom stereocenters. The molecule has 0 amide bonds. The molecule has 0 saturated heterocycles. The largest absolute Gasteiger partial charge is 0.497 e. The summed E-state index contributed by atoms with van der Waals surface area (Å²) in [5.41, 5.74) is 0.957. The van der Waals surface area contributed by atoms with Crippen LogP contribution in [0.25, 0.3) is 0 Å². The van der Waals surface area contributed by atoms with E-state index in [4.69, 9.17) is 14.2 Å². The summed E-state index contributed by atoms with van der Waals surface area (Å²) >= 11 is 0. The van der Waals surface area contributed by atoms with E-state index in [1.54, 1.807) is 33.6 Å². The number of hydrogen-bond donors (Lipinski definition) is 0. The topological polar surface area (TPSA) is 48.0 Å². The van der Waals surface area contributed by atoms with Crippen LogP contribution in [-0.4, -0.2) is 39.4 Å². The lowest BCUT2D eigenvalue weighted by Gasteiger charge is -2.36. The summed E-state index contributed by atoms with van der Waals surface area (Å²) in [5, 5.41) is 0. The number of hydrogen-bond acceptors (Lipinski definition) is 5. The molecule has 1 aromatic carbocycles. The minimum absolute atomic E-state index is 0.0684. The Balaban J connectivity index is 2.29. The number of ketones is 1. The van der Waals surface area contributed by atoms with Crippen LogP contribution in [0.2, 0.25) is 0 Å². The van der Waals surface area contributed by atoms with Gasteiger partial charge < -0.3 is 19.1 Å². The third-order valence-electron chi connectivity index (χ3n) is 3.34. The van der Waals surface area contributed by atoms with Crippen LogP contribution in [0, 0.1) is 0 Å². The third-order valence-corrected chi connectivity index (χ3v) is 3.34. The van der Waals surface area contributed by atoms with Gasteiger partial charge >= 0.3 is 0 Å². The summed E-state index contributed by atoms with van der Waals surface area (Å²) in [4.78, 5) is 13.6. The van der Waals surface area contributed by atoms with Crippen molar-refractivity contribution in [1.82, 2.24) is 0 Å². The number of carbonyl (C=O) groups is 1. The van der Waals surface area contributed by atoms with Crippen molar-refractivity contribution in [2.24, 2.45) is 0 Å². The Hall–Kier alpha value is -1.85. The first-order valence-electron chi connectivity index (χ1n) is 6.38. The molecule has 108 valence electrons. The molecule has 1 aromatic rings. The summed E-state index contributed by atoms with van der Waals surface area (Å²) in [6, 6.07) is 7.45. The standard InChI is InChI=1S/C15H19NO4/c1-18-13-6-4-11(5-7-13)16-9-8-12(17)10-14(16)15(19-2)20-3/h4-9,14-15H,10H2,1-3H3. The van der Waals surface area contributed by atoms with Crippen molar-refractivity contribution in [1.29, 1.82) is 0 Å². The zero-order valence-electron chi connectivity index (χ0n) is 11.9. The van der Waals surface area contributed by atoms with E-state index in [1.807, 2.05) is 29.2 Å². The predicted octanol–water partition coefficient (Wildman–Crippen LogP) is 1.98. The number of methoxy groups -OCH3 is 3. The maximum Gasteiger partial charge on any atom is 0.177 e. The molecule has 1 atom stereocenters. The van der Waals surface area contributed by atoms with Gasteiger partial charge in [-0.1, -0.05) is 0 Å². The number of anilines is 1. The van der Waals surface area contributed by atoms with Crippen LogP contribution in [0.4, 0.5) is 5.69 Å². The fourth-order valence-electron chi connectivity index (χ4n) is 2.32. The quantitative estimate of drug-likeness (QED) is 0.770. The fraction of sp³-hybridized carbons (Fsp3) is 0.400. The smallest absolute Gasteiger partial charge is 0.177 e. The van der Waals surface area contributed by atoms with Gasteiger partial charge in [-0.05, 0) is 30.3 Å². The predicted molar refractivity (Wildman–Crippen MR) is 75.8 cm³/mol. The van der Waals surface area contributed by atoms with E-state index in [-0.39, 0.29) is 11.8 Å². The van der Waals surface area contributed by atoms with Gasteiger partial charge in [-0.3, -0.25) is 4.79 Å². The molecule has 5 nitrogen and oxygen atoms in total. The molecule has 0 fully saturated rings. The molecule has 0 saturated carbocycles. The summed E-state index contributed by atoms with van der Waals surface area (Å²) in [6.45, 7) is 0. The van der Waals surface area contributed by atoms with Crippen molar-refractivity contribution in [2.45, 2.75) is 18.8 Å². The first-order chi connectivity index (χ1) is 9.69. The third kappa shape index (κ3) is 3.00. The van der Waals surface area contributed by atoms with Gasteiger partial charge in [-0.2, -0.15) is 0 Å². The van der Waals surface area contributed by atoms with Gasteiger partial charge in [-0.25, -0.2) is 0 Å². The lowest BCUT2D eigenvalue weighted by Crippen LogP contribution is -2.46. The molecule has 1 heterocycles. The number of nitrogens with zero attached hydrogens (tertiary/aromatic N) is 1. The van der Waals surface area contributed by atoms with Crippen LogP contribution in [0.1, 0.15) is 6.42 Å². The molecule has 0 aromatic heterocycles. The van der Waals surface area contributed by atoms with Crippen molar-refractivity contribution in [3.63, 3.8) is 0 Å². The van der Waals surface area contributed by atoms with Gasteiger partial charge in [-0.15, -0.1) is 0 Å². The second-order valence-corrected chi connectivity index (χ2v) is 4.50. The molecule has 20 heavy (non-hydrogen) atoms. The minimum atomic E-state index is -0.467. The van der Waals surface area contributed by atoms with E-state index in [0.717, 1.165) is 11.4 Å². The first-order valence-corrected chi connectivity index (χ1v) is 6.38. The van der Waals surface area contributed by atoms with Gasteiger partial charge in [0.15, 0.2) is 12.1 Å². The molecule has 0 spiro atoms. The fourth-order valence-corrected chi connectivity index (χ4v) is 2.32. The Morgan fingerprint density at radius 1 is 1.15 bits per heavy atom. The SMILES string of the molecule is COc1ccc(N2C=CC(=O)CC2C(OC)OC)cc1. The average molecular weight is 277 g/mol. The van der Waals surface area contributed by atoms with E-state index in [1.165, 1.54) is 0 Å². The summed E-state index contributed by atoms with van der Waals surface area (Å²) in [6.07, 6.45) is 3.23. The van der Waals surface area contributed by atoms with Crippen molar-refractivity contribution in [2.75, 3.05) is 26.2 Å². The van der Waals surface area contributed by atoms with Gasteiger partial charge in [0.05, 0.1) is 13.2 Å². The van der Waals surface area contributed by atoms with Crippen molar-refractivity contribution in [3.8, 4) is 5.75 Å². The molecular formula is C15H19NO4. The highest BCUT2D eigenvalue weighted by Crippen LogP contribution is 2.27. The van der Waals surface area contributed by atoms with Crippen LogP contribution in [0.3, 0.4) is 0 Å². The number of benzene rings is 1. The molecule has 2 rings (SSSR count). The van der Waals surface area contributed by atoms with Crippen molar-refractivity contribution >= 4 is 11.5 Å². The zero-order chi connectivity index (χ0) is 14.5. The van der Waals surface area contributed by atoms with Gasteiger partial charge in [0.2, 0.25) is 0 Å². The maximum absolute atomic E-state index is 11.6. The second-order valence-electron chi connectivity index (χ2n) is 4.50. The molecule has 0 aliphatic carbocycles. The monoisotopic (exact) mass is 277 g/mol. The maximum atomic E-state index is 11.6. The molecular weight excluding hydrogens is 258 g/mol. The highest BCUT2D eigenvalue weighted by molar-refractivity contribution is 5.92. The number of ether oxygens (including phenoxy) is 3. The van der Waals surface area contributed by atoms with Crippen LogP contribution in [0.5, 0.6) is 5.75 Å². The molecule has 5 heteroatoms. The molecule has 1 aliphatic rings. The Morgan fingerprint density at radius 3 is 2.35 bits per heavy atom. The van der Waals surface area contributed by atoms with E-state index < -0.39 is 6.29 Å². The van der Waals surface area contributed by atoms with E-state index in [0.29, 0.717) is 6.42 Å². The lowest BCUT2D eigenvalue weighted by molar-refractivity contribution is -0.129. The summed E-state index contributed by atoms with van der Waals surface area (Å²) in [7, 11) is 4.77. The van der Waals surface area contributed by atoms with Crippen molar-refractivity contribution in [3.05, 3.63) is 36.5 Å². The summed E-state index contributed by atoms with van der Waals surface area (Å²) in [5.74, 6) is 0.858. The molecule has 0 radical (unpaired) electrons. The van der Waals surface area contributed by atoms with Crippen LogP contribution >= 0.6 is 0 Å². The molecule has 0 N–H and O–H groups in total. The van der Waals surface area contributed by atoms with E-state index in [2.05, 4.69) is 0 Å². The van der Waals surface area contributed by atoms with Gasteiger partial charge in [0.1, 0.15) is 5.75 Å². The van der Waals surface area contributed by atoms with Crippen LogP contribution in [0.15, 0.2) is 36.5 Å². The van der Waals surface area contributed by atoms with E-state index >= 15 is 0 Å². The minimum Gasteiger partial charge on any atom is -0.497 e. The lowest BCUT2D eigenvalue weighted by atomic mass is 10.0. The second kappa shape index (κ2) is 6.54. The molecule has 0 bridgehead atoms. The van der Waals surface area contributed by atoms with E-state index in [9.17, 15) is 4.79 Å². The Kier molecular flexibility index (Phi) is 4.76. The summed E-state index contributed by atoms with van der Waals surface area (Å²) < 4.78 is 15.8. The highest BCUT2D eigenvalue weighted by atomic mass is 16.7. The van der Waals surface area contributed by atoms with Crippen molar-refractivity contribution < 1.29 is 19.0 Å². The highest BCUT2D eigenvalue weighted by Gasteiger charge is 2.31. The molecule has 1 aliphatic heterocycles. The van der Waals surface area contributed by atoms with Crippen LogP contribution < -0.4 is 9.64 Å². The number of carbonyl (C=O) groups excluding carboxylic acids is 1. The average Bonchev–Trinajstić information content (AvgIpc) is 2.49. The normalized spacial score (nSPS) is 18.7.